The zero-order chi connectivity index (χ0) is 15.5. The van der Waals surface area contributed by atoms with Gasteiger partial charge in [0.1, 0.15) is 11.9 Å². The van der Waals surface area contributed by atoms with E-state index in [9.17, 15) is 9.90 Å². The van der Waals surface area contributed by atoms with Crippen LogP contribution < -0.4 is 0 Å². The van der Waals surface area contributed by atoms with Gasteiger partial charge in [0.25, 0.3) is 0 Å². The van der Waals surface area contributed by atoms with Crippen LogP contribution in [0.4, 0.5) is 0 Å². The van der Waals surface area contributed by atoms with Crippen LogP contribution in [-0.4, -0.2) is 42.2 Å². The molecule has 4 nitrogen and oxygen atoms in total. The summed E-state index contributed by atoms with van der Waals surface area (Å²) in [4.78, 5) is 14.3. The molecule has 3 rings (SSSR count). The summed E-state index contributed by atoms with van der Waals surface area (Å²) in [7, 11) is 2.03. The lowest BCUT2D eigenvalue weighted by atomic mass is 9.94. The van der Waals surface area contributed by atoms with Crippen LogP contribution in [0.2, 0.25) is 0 Å². The summed E-state index contributed by atoms with van der Waals surface area (Å²) in [5.41, 5.74) is 1.70. The average molecular weight is 303 g/mol. The second kappa shape index (κ2) is 6.69. The molecule has 2 fully saturated rings. The highest BCUT2D eigenvalue weighted by atomic mass is 16.5. The third-order valence-corrected chi connectivity index (χ3v) is 4.93. The molecule has 0 spiro atoms. The summed E-state index contributed by atoms with van der Waals surface area (Å²) >= 11 is 0. The van der Waals surface area contributed by atoms with Crippen LogP contribution in [-0.2, 0) is 16.0 Å². The zero-order valence-electron chi connectivity index (χ0n) is 13.3. The van der Waals surface area contributed by atoms with Gasteiger partial charge >= 0.3 is 5.97 Å². The van der Waals surface area contributed by atoms with E-state index in [0.717, 1.165) is 37.9 Å². The zero-order valence-corrected chi connectivity index (χ0v) is 13.3. The van der Waals surface area contributed by atoms with Gasteiger partial charge in [0.15, 0.2) is 0 Å². The minimum Gasteiger partial charge on any atom is -0.507 e. The van der Waals surface area contributed by atoms with Crippen LogP contribution >= 0.6 is 0 Å². The van der Waals surface area contributed by atoms with Crippen molar-refractivity contribution in [3.05, 3.63) is 29.3 Å². The number of likely N-dealkylation sites (tertiary alicyclic amines) is 1. The Bertz CT molecular complexity index is 537. The van der Waals surface area contributed by atoms with Gasteiger partial charge in [-0.25, -0.2) is 0 Å². The van der Waals surface area contributed by atoms with E-state index in [0.29, 0.717) is 17.2 Å². The maximum Gasteiger partial charge on any atom is 0.310 e. The maximum absolute atomic E-state index is 12.1. The summed E-state index contributed by atoms with van der Waals surface area (Å²) in [5, 5.41) is 10.5. The Kier molecular flexibility index (Phi) is 4.67. The van der Waals surface area contributed by atoms with E-state index in [2.05, 4.69) is 4.90 Å². The van der Waals surface area contributed by atoms with Gasteiger partial charge in [0.2, 0.25) is 0 Å². The molecule has 0 amide bonds. The Hall–Kier alpha value is -1.55. The first kappa shape index (κ1) is 15.3. The normalized spacial score (nSPS) is 23.0. The standard InChI is InChI=1S/C18H25NO3/c1-19-10-9-15(12-19)22-17(20)11-14-7-4-8-16(18(14)21)13-5-2-3-6-13/h4,7-8,13,15,21H,2-3,5-6,9-12H2,1H3. The summed E-state index contributed by atoms with van der Waals surface area (Å²) in [6.07, 6.45) is 5.78. The van der Waals surface area contributed by atoms with Gasteiger partial charge < -0.3 is 14.7 Å². The summed E-state index contributed by atoms with van der Waals surface area (Å²) < 4.78 is 5.51. The smallest absolute Gasteiger partial charge is 0.310 e. The number of likely N-dealkylation sites (N-methyl/N-ethyl adjacent to an activating group) is 1. The van der Waals surface area contributed by atoms with Crippen LogP contribution in [0.15, 0.2) is 18.2 Å². The fourth-order valence-corrected chi connectivity index (χ4v) is 3.69. The molecule has 1 atom stereocenters. The van der Waals surface area contributed by atoms with Crippen molar-refractivity contribution < 1.29 is 14.6 Å². The van der Waals surface area contributed by atoms with E-state index in [1.165, 1.54) is 12.8 Å². The largest absolute Gasteiger partial charge is 0.507 e. The van der Waals surface area contributed by atoms with E-state index in [4.69, 9.17) is 4.74 Å². The number of phenolic OH excluding ortho intramolecular Hbond substituents is 1. The van der Waals surface area contributed by atoms with Crippen LogP contribution in [0.1, 0.15) is 49.1 Å². The molecular formula is C18H25NO3. The second-order valence-electron chi connectivity index (χ2n) is 6.68. The number of para-hydroxylation sites is 1. The Labute approximate surface area is 132 Å². The predicted molar refractivity (Wildman–Crippen MR) is 85.0 cm³/mol. The number of carbonyl (C=O) groups excluding carboxylic acids is 1. The lowest BCUT2D eigenvalue weighted by molar-refractivity contribution is -0.147. The summed E-state index contributed by atoms with van der Waals surface area (Å²) in [6.45, 7) is 1.78. The van der Waals surface area contributed by atoms with Crippen molar-refractivity contribution in [1.82, 2.24) is 4.90 Å². The number of nitrogens with zero attached hydrogens (tertiary/aromatic N) is 1. The number of rotatable bonds is 4. The fraction of sp³-hybridized carbons (Fsp3) is 0.611. The topological polar surface area (TPSA) is 49.8 Å². The highest BCUT2D eigenvalue weighted by Crippen LogP contribution is 2.39. The molecule has 2 aliphatic rings. The average Bonchev–Trinajstić information content (AvgIpc) is 3.13. The molecule has 1 aliphatic carbocycles. The first-order valence-corrected chi connectivity index (χ1v) is 8.32. The van der Waals surface area contributed by atoms with Gasteiger partial charge in [-0.1, -0.05) is 31.0 Å². The van der Waals surface area contributed by atoms with Crippen molar-refractivity contribution in [2.45, 2.75) is 50.5 Å². The number of carbonyl (C=O) groups is 1. The van der Waals surface area contributed by atoms with Gasteiger partial charge in [-0.3, -0.25) is 4.79 Å². The highest BCUT2D eigenvalue weighted by molar-refractivity contribution is 5.74. The molecule has 1 saturated heterocycles. The van der Waals surface area contributed by atoms with Crippen LogP contribution in [0.3, 0.4) is 0 Å². The molecule has 0 radical (unpaired) electrons. The van der Waals surface area contributed by atoms with Crippen molar-refractivity contribution in [1.29, 1.82) is 0 Å². The van der Waals surface area contributed by atoms with Crippen LogP contribution in [0, 0.1) is 0 Å². The fourth-order valence-electron chi connectivity index (χ4n) is 3.69. The van der Waals surface area contributed by atoms with Crippen molar-refractivity contribution >= 4 is 5.97 Å². The van der Waals surface area contributed by atoms with Gasteiger partial charge in [-0.15, -0.1) is 0 Å². The van der Waals surface area contributed by atoms with Crippen LogP contribution in [0.5, 0.6) is 5.75 Å². The Morgan fingerprint density at radius 2 is 2.09 bits per heavy atom. The molecule has 1 unspecified atom stereocenters. The number of hydrogen-bond donors (Lipinski definition) is 1. The lowest BCUT2D eigenvalue weighted by Gasteiger charge is -2.16. The third-order valence-electron chi connectivity index (χ3n) is 4.93. The monoisotopic (exact) mass is 303 g/mol. The van der Waals surface area contributed by atoms with E-state index < -0.39 is 0 Å². The van der Waals surface area contributed by atoms with Gasteiger partial charge in [0.05, 0.1) is 6.42 Å². The maximum atomic E-state index is 12.1. The van der Waals surface area contributed by atoms with E-state index in [1.54, 1.807) is 0 Å². The molecule has 1 saturated carbocycles. The number of ether oxygens (including phenoxy) is 1. The number of aromatic hydroxyl groups is 1. The predicted octanol–water partition coefficient (Wildman–Crippen LogP) is 2.84. The molecule has 1 N–H and O–H groups in total. The number of hydrogen-bond acceptors (Lipinski definition) is 4. The minimum atomic E-state index is -0.237. The minimum absolute atomic E-state index is 0.00217. The molecule has 22 heavy (non-hydrogen) atoms. The SMILES string of the molecule is CN1CCC(OC(=O)Cc2cccc(C3CCCC3)c2O)C1. The lowest BCUT2D eigenvalue weighted by Crippen LogP contribution is -2.23. The number of esters is 1. The van der Waals surface area contributed by atoms with E-state index in [-0.39, 0.29) is 18.5 Å². The molecule has 1 aliphatic heterocycles. The Morgan fingerprint density at radius 1 is 1.32 bits per heavy atom. The Balaban J connectivity index is 1.64. The molecule has 1 aromatic carbocycles. The quantitative estimate of drug-likeness (QED) is 0.869. The first-order chi connectivity index (χ1) is 10.6. The first-order valence-electron chi connectivity index (χ1n) is 8.32. The number of benzene rings is 1. The van der Waals surface area contributed by atoms with Gasteiger partial charge in [-0.05, 0) is 37.8 Å². The molecule has 4 heteroatoms. The molecule has 1 aromatic rings. The highest BCUT2D eigenvalue weighted by Gasteiger charge is 2.25. The third kappa shape index (κ3) is 3.43. The summed E-state index contributed by atoms with van der Waals surface area (Å²) in [5.74, 6) is 0.508. The van der Waals surface area contributed by atoms with Crippen molar-refractivity contribution in [3.63, 3.8) is 0 Å². The van der Waals surface area contributed by atoms with Crippen molar-refractivity contribution in [2.24, 2.45) is 0 Å². The molecule has 1 heterocycles. The second-order valence-corrected chi connectivity index (χ2v) is 6.68. The van der Waals surface area contributed by atoms with Crippen molar-refractivity contribution in [2.75, 3.05) is 20.1 Å². The van der Waals surface area contributed by atoms with Crippen molar-refractivity contribution in [3.8, 4) is 5.75 Å². The Morgan fingerprint density at radius 3 is 2.77 bits per heavy atom. The van der Waals surface area contributed by atoms with Crippen LogP contribution in [0.25, 0.3) is 0 Å². The molecule has 0 bridgehead atoms. The molecule has 0 aromatic heterocycles. The van der Waals surface area contributed by atoms with Gasteiger partial charge in [-0.2, -0.15) is 0 Å². The van der Waals surface area contributed by atoms with E-state index >= 15 is 0 Å². The molecular weight excluding hydrogens is 278 g/mol. The van der Waals surface area contributed by atoms with E-state index in [1.807, 2.05) is 25.2 Å². The number of phenols is 1. The van der Waals surface area contributed by atoms with Gasteiger partial charge in [0, 0.05) is 18.7 Å². The summed E-state index contributed by atoms with van der Waals surface area (Å²) in [6, 6.07) is 5.77. The molecule has 120 valence electrons.